The molecule has 1 fully saturated rings. The first-order valence-electron chi connectivity index (χ1n) is 4.58. The van der Waals surface area contributed by atoms with E-state index in [0.29, 0.717) is 18.4 Å². The van der Waals surface area contributed by atoms with Crippen molar-refractivity contribution in [3.8, 4) is 0 Å². The van der Waals surface area contributed by atoms with Crippen molar-refractivity contribution in [2.24, 2.45) is 5.92 Å². The van der Waals surface area contributed by atoms with E-state index in [2.05, 4.69) is 17.0 Å². The third kappa shape index (κ3) is 2.21. The molecule has 12 heavy (non-hydrogen) atoms. The third-order valence-corrected chi connectivity index (χ3v) is 2.59. The van der Waals surface area contributed by atoms with Gasteiger partial charge in [-0.25, -0.2) is 0 Å². The minimum atomic E-state index is -0.0813. The molecule has 0 aromatic carbocycles. The van der Waals surface area contributed by atoms with Gasteiger partial charge >= 0.3 is 5.97 Å². The number of hydrogen-bond acceptors (Lipinski definition) is 3. The molecule has 0 aromatic rings. The Bertz CT molecular complexity index is 159. The van der Waals surface area contributed by atoms with Crippen LogP contribution in [-0.2, 0) is 9.53 Å². The van der Waals surface area contributed by atoms with Gasteiger partial charge in [-0.1, -0.05) is 6.92 Å². The molecular weight excluding hydrogens is 154 g/mol. The van der Waals surface area contributed by atoms with E-state index < -0.39 is 0 Å². The normalized spacial score (nSPS) is 28.8. The van der Waals surface area contributed by atoms with Gasteiger partial charge < -0.3 is 10.1 Å². The number of methoxy groups -OCH3 is 1. The second-order valence-electron chi connectivity index (χ2n) is 3.30. The maximum atomic E-state index is 11.0. The van der Waals surface area contributed by atoms with Gasteiger partial charge in [-0.05, 0) is 25.3 Å². The molecule has 1 N–H and O–H groups in total. The molecule has 0 unspecified atom stereocenters. The zero-order valence-electron chi connectivity index (χ0n) is 7.80. The van der Waals surface area contributed by atoms with Crippen LogP contribution in [0.5, 0.6) is 0 Å². The summed E-state index contributed by atoms with van der Waals surface area (Å²) in [5.41, 5.74) is 0. The van der Waals surface area contributed by atoms with Crippen LogP contribution >= 0.6 is 0 Å². The molecule has 0 radical (unpaired) electrons. The monoisotopic (exact) mass is 171 g/mol. The van der Waals surface area contributed by atoms with E-state index in [-0.39, 0.29) is 5.97 Å². The Balaban J connectivity index is 2.35. The Morgan fingerprint density at radius 2 is 2.42 bits per heavy atom. The van der Waals surface area contributed by atoms with Crippen molar-refractivity contribution in [2.75, 3.05) is 13.7 Å². The summed E-state index contributed by atoms with van der Waals surface area (Å²) in [5.74, 6) is 0.407. The van der Waals surface area contributed by atoms with Gasteiger partial charge in [-0.2, -0.15) is 0 Å². The van der Waals surface area contributed by atoms with E-state index in [1.807, 2.05) is 0 Å². The van der Waals surface area contributed by atoms with Crippen molar-refractivity contribution in [2.45, 2.75) is 32.2 Å². The summed E-state index contributed by atoms with van der Waals surface area (Å²) in [6.45, 7) is 3.19. The average Bonchev–Trinajstić information content (AvgIpc) is 2.51. The first-order valence-corrected chi connectivity index (χ1v) is 4.58. The van der Waals surface area contributed by atoms with Crippen LogP contribution in [-0.4, -0.2) is 25.7 Å². The molecule has 0 bridgehead atoms. The van der Waals surface area contributed by atoms with Crippen molar-refractivity contribution in [3.63, 3.8) is 0 Å². The third-order valence-electron chi connectivity index (χ3n) is 2.59. The number of nitrogens with one attached hydrogen (secondary N) is 1. The smallest absolute Gasteiger partial charge is 0.305 e. The average molecular weight is 171 g/mol. The fourth-order valence-electron chi connectivity index (χ4n) is 1.84. The molecule has 3 heteroatoms. The lowest BCUT2D eigenvalue weighted by Crippen LogP contribution is -2.27. The zero-order chi connectivity index (χ0) is 8.97. The van der Waals surface area contributed by atoms with Gasteiger partial charge in [0.2, 0.25) is 0 Å². The fraction of sp³-hybridized carbons (Fsp3) is 0.889. The van der Waals surface area contributed by atoms with Gasteiger partial charge in [0, 0.05) is 12.5 Å². The molecule has 3 nitrogen and oxygen atoms in total. The van der Waals surface area contributed by atoms with Gasteiger partial charge in [-0.3, -0.25) is 4.79 Å². The topological polar surface area (TPSA) is 38.3 Å². The lowest BCUT2D eigenvalue weighted by Gasteiger charge is -2.15. The second kappa shape index (κ2) is 4.45. The number of carbonyl (C=O) groups is 1. The predicted molar refractivity (Wildman–Crippen MR) is 46.8 cm³/mol. The highest BCUT2D eigenvalue weighted by atomic mass is 16.5. The quantitative estimate of drug-likeness (QED) is 0.642. The van der Waals surface area contributed by atoms with Crippen LogP contribution in [0.4, 0.5) is 0 Å². The van der Waals surface area contributed by atoms with E-state index in [0.717, 1.165) is 19.4 Å². The van der Waals surface area contributed by atoms with Gasteiger partial charge in [0.05, 0.1) is 7.11 Å². The fourth-order valence-corrected chi connectivity index (χ4v) is 1.84. The van der Waals surface area contributed by atoms with Crippen LogP contribution in [0.25, 0.3) is 0 Å². The summed E-state index contributed by atoms with van der Waals surface area (Å²) >= 11 is 0. The number of esters is 1. The summed E-state index contributed by atoms with van der Waals surface area (Å²) in [4.78, 5) is 11.0. The van der Waals surface area contributed by atoms with Crippen LogP contribution in [0, 0.1) is 5.92 Å². The number of hydrogen-bond donors (Lipinski definition) is 1. The largest absolute Gasteiger partial charge is 0.469 e. The Morgan fingerprint density at radius 1 is 1.67 bits per heavy atom. The minimum Gasteiger partial charge on any atom is -0.469 e. The molecule has 70 valence electrons. The molecule has 0 aliphatic carbocycles. The van der Waals surface area contributed by atoms with Crippen molar-refractivity contribution < 1.29 is 9.53 Å². The number of ether oxygens (including phenoxy) is 1. The molecule has 2 atom stereocenters. The Morgan fingerprint density at radius 3 is 3.00 bits per heavy atom. The van der Waals surface area contributed by atoms with Gasteiger partial charge in [0.15, 0.2) is 0 Å². The summed E-state index contributed by atoms with van der Waals surface area (Å²) in [7, 11) is 1.45. The predicted octanol–water partition coefficient (Wildman–Crippen LogP) is 0.938. The summed E-state index contributed by atoms with van der Waals surface area (Å²) in [6, 6.07) is 0.518. The van der Waals surface area contributed by atoms with Crippen LogP contribution in [0.1, 0.15) is 26.2 Å². The highest BCUT2D eigenvalue weighted by Crippen LogP contribution is 2.21. The SMILES string of the molecule is CC[C@H]1NCC[C@@H]1CC(=O)OC. The molecule has 1 saturated heterocycles. The van der Waals surface area contributed by atoms with Crippen LogP contribution in [0.3, 0.4) is 0 Å². The van der Waals surface area contributed by atoms with Crippen LogP contribution in [0.15, 0.2) is 0 Å². The first kappa shape index (κ1) is 9.52. The Hall–Kier alpha value is -0.570. The van der Waals surface area contributed by atoms with Gasteiger partial charge in [0.1, 0.15) is 0 Å². The molecule has 1 heterocycles. The number of carbonyl (C=O) groups excluding carboxylic acids is 1. The second-order valence-corrected chi connectivity index (χ2v) is 3.30. The summed E-state index contributed by atoms with van der Waals surface area (Å²) in [6.07, 6.45) is 2.78. The highest BCUT2D eigenvalue weighted by molar-refractivity contribution is 5.69. The maximum absolute atomic E-state index is 11.0. The maximum Gasteiger partial charge on any atom is 0.305 e. The van der Waals surface area contributed by atoms with E-state index in [1.165, 1.54) is 7.11 Å². The number of rotatable bonds is 3. The molecule has 0 aromatic heterocycles. The standard InChI is InChI=1S/C9H17NO2/c1-3-8-7(4-5-10-8)6-9(11)12-2/h7-8,10H,3-6H2,1-2H3/t7-,8-/m1/s1. The van der Waals surface area contributed by atoms with Crippen molar-refractivity contribution in [1.82, 2.24) is 5.32 Å². The molecular formula is C9H17NO2. The van der Waals surface area contributed by atoms with E-state index in [1.54, 1.807) is 0 Å². The van der Waals surface area contributed by atoms with Crippen LogP contribution in [0.2, 0.25) is 0 Å². The van der Waals surface area contributed by atoms with E-state index >= 15 is 0 Å². The molecule has 1 rings (SSSR count). The lowest BCUT2D eigenvalue weighted by atomic mass is 9.95. The van der Waals surface area contributed by atoms with Gasteiger partial charge in [0.25, 0.3) is 0 Å². The summed E-state index contributed by atoms with van der Waals surface area (Å²) < 4.78 is 4.64. The Kier molecular flexibility index (Phi) is 3.53. The highest BCUT2D eigenvalue weighted by Gasteiger charge is 2.27. The molecule has 0 amide bonds. The first-order chi connectivity index (χ1) is 5.77. The lowest BCUT2D eigenvalue weighted by molar-refractivity contribution is -0.141. The van der Waals surface area contributed by atoms with E-state index in [9.17, 15) is 4.79 Å². The molecule has 0 spiro atoms. The van der Waals surface area contributed by atoms with Crippen LogP contribution < -0.4 is 5.32 Å². The van der Waals surface area contributed by atoms with Crippen molar-refractivity contribution in [3.05, 3.63) is 0 Å². The summed E-state index contributed by atoms with van der Waals surface area (Å²) in [5, 5.41) is 3.38. The molecule has 1 aliphatic heterocycles. The van der Waals surface area contributed by atoms with E-state index in [4.69, 9.17) is 0 Å². The van der Waals surface area contributed by atoms with Crippen molar-refractivity contribution in [1.29, 1.82) is 0 Å². The van der Waals surface area contributed by atoms with Crippen molar-refractivity contribution >= 4 is 5.97 Å². The minimum absolute atomic E-state index is 0.0813. The molecule has 1 aliphatic rings. The molecule has 0 saturated carbocycles. The Labute approximate surface area is 73.5 Å². The van der Waals surface area contributed by atoms with Gasteiger partial charge in [-0.15, -0.1) is 0 Å². The zero-order valence-corrected chi connectivity index (χ0v) is 7.80.